The van der Waals surface area contributed by atoms with E-state index in [1.165, 1.54) is 30.7 Å². The highest BCUT2D eigenvalue weighted by molar-refractivity contribution is 5.94. The van der Waals surface area contributed by atoms with Gasteiger partial charge < -0.3 is 10.2 Å². The van der Waals surface area contributed by atoms with Crippen LogP contribution in [-0.4, -0.2) is 35.8 Å². The number of amides is 2. The molecule has 1 heterocycles. The maximum absolute atomic E-state index is 12.9. The van der Waals surface area contributed by atoms with Crippen molar-refractivity contribution in [2.45, 2.75) is 44.6 Å². The molecule has 4 nitrogen and oxygen atoms in total. The molecule has 0 aromatic heterocycles. The highest BCUT2D eigenvalue weighted by Crippen LogP contribution is 2.26. The number of hydrogen-bond acceptors (Lipinski definition) is 2. The van der Waals surface area contributed by atoms with E-state index >= 15 is 0 Å². The summed E-state index contributed by atoms with van der Waals surface area (Å²) in [5.74, 6) is -0.132. The Morgan fingerprint density at radius 3 is 2.43 bits per heavy atom. The third kappa shape index (κ3) is 3.89. The molecule has 0 bridgehead atoms. The fraction of sp³-hybridized carbons (Fsp3) is 0.556. The lowest BCUT2D eigenvalue weighted by Gasteiger charge is -2.26. The summed E-state index contributed by atoms with van der Waals surface area (Å²) in [4.78, 5) is 26.6. The second-order valence-electron chi connectivity index (χ2n) is 6.59. The lowest BCUT2D eigenvalue weighted by molar-refractivity contribution is -0.135. The van der Waals surface area contributed by atoms with Crippen LogP contribution in [0.4, 0.5) is 4.39 Å². The minimum Gasteiger partial charge on any atom is -0.347 e. The van der Waals surface area contributed by atoms with E-state index in [0.717, 1.165) is 32.1 Å². The van der Waals surface area contributed by atoms with Crippen molar-refractivity contribution in [1.29, 1.82) is 0 Å². The molecule has 1 aromatic rings. The monoisotopic (exact) mass is 318 g/mol. The first kappa shape index (κ1) is 16.0. The van der Waals surface area contributed by atoms with Gasteiger partial charge in [0.15, 0.2) is 0 Å². The van der Waals surface area contributed by atoms with Gasteiger partial charge in [-0.2, -0.15) is 0 Å². The van der Waals surface area contributed by atoms with Crippen molar-refractivity contribution >= 4 is 11.8 Å². The first-order chi connectivity index (χ1) is 11.1. The molecule has 2 fully saturated rings. The van der Waals surface area contributed by atoms with Crippen molar-refractivity contribution in [2.75, 3.05) is 13.1 Å². The van der Waals surface area contributed by atoms with Gasteiger partial charge in [0.2, 0.25) is 5.91 Å². The summed E-state index contributed by atoms with van der Waals surface area (Å²) in [6.07, 6.45) is 6.32. The summed E-state index contributed by atoms with van der Waals surface area (Å²) < 4.78 is 12.9. The Morgan fingerprint density at radius 1 is 1.04 bits per heavy atom. The molecule has 1 atom stereocenters. The Kier molecular flexibility index (Phi) is 4.94. The molecule has 2 amide bonds. The molecule has 0 spiro atoms. The smallest absolute Gasteiger partial charge is 0.251 e. The van der Waals surface area contributed by atoms with Crippen molar-refractivity contribution in [3.05, 3.63) is 35.6 Å². The number of benzene rings is 1. The predicted octanol–water partition coefficient (Wildman–Crippen LogP) is 2.74. The zero-order valence-corrected chi connectivity index (χ0v) is 13.3. The fourth-order valence-electron chi connectivity index (χ4n) is 3.56. The Morgan fingerprint density at radius 2 is 1.74 bits per heavy atom. The van der Waals surface area contributed by atoms with Crippen LogP contribution in [0, 0.1) is 11.7 Å². The van der Waals surface area contributed by atoms with E-state index in [4.69, 9.17) is 0 Å². The van der Waals surface area contributed by atoms with E-state index in [9.17, 15) is 14.0 Å². The van der Waals surface area contributed by atoms with Crippen LogP contribution in [0.1, 0.15) is 48.9 Å². The van der Waals surface area contributed by atoms with Crippen molar-refractivity contribution in [1.82, 2.24) is 10.2 Å². The van der Waals surface area contributed by atoms with Crippen LogP contribution >= 0.6 is 0 Å². The molecule has 1 unspecified atom stereocenters. The van der Waals surface area contributed by atoms with Crippen LogP contribution in [0.3, 0.4) is 0 Å². The third-order valence-electron chi connectivity index (χ3n) is 4.90. The van der Waals surface area contributed by atoms with E-state index in [0.29, 0.717) is 18.7 Å². The topological polar surface area (TPSA) is 49.4 Å². The standard InChI is InChI=1S/C18H23FN2O2/c19-15-8-6-13(7-9-15)17(22)20-16-10-11-21(12-16)18(23)14-4-2-1-3-5-14/h6-9,14,16H,1-5,10-12H2,(H,20,22). The molecule has 1 aliphatic heterocycles. The highest BCUT2D eigenvalue weighted by atomic mass is 19.1. The maximum atomic E-state index is 12.9. The molecule has 124 valence electrons. The number of halogens is 1. The second-order valence-corrected chi connectivity index (χ2v) is 6.59. The quantitative estimate of drug-likeness (QED) is 0.931. The average molecular weight is 318 g/mol. The van der Waals surface area contributed by atoms with Crippen LogP contribution in [0.15, 0.2) is 24.3 Å². The van der Waals surface area contributed by atoms with Gasteiger partial charge in [0, 0.05) is 30.6 Å². The largest absolute Gasteiger partial charge is 0.347 e. The zero-order valence-electron chi connectivity index (χ0n) is 13.3. The van der Waals surface area contributed by atoms with Crippen LogP contribution < -0.4 is 5.32 Å². The summed E-state index contributed by atoms with van der Waals surface area (Å²) in [5.41, 5.74) is 0.448. The molecule has 1 saturated carbocycles. The van der Waals surface area contributed by atoms with Crippen molar-refractivity contribution in [2.24, 2.45) is 5.92 Å². The summed E-state index contributed by atoms with van der Waals surface area (Å²) >= 11 is 0. The van der Waals surface area contributed by atoms with Crippen LogP contribution in [0.5, 0.6) is 0 Å². The number of nitrogens with one attached hydrogen (secondary N) is 1. The Balaban J connectivity index is 1.52. The molecular weight excluding hydrogens is 295 g/mol. The lowest BCUT2D eigenvalue weighted by atomic mass is 9.88. The van der Waals surface area contributed by atoms with Crippen molar-refractivity contribution in [3.8, 4) is 0 Å². The normalized spacial score (nSPS) is 22.1. The summed E-state index contributed by atoms with van der Waals surface area (Å²) in [5, 5.41) is 2.95. The number of likely N-dealkylation sites (tertiary alicyclic amines) is 1. The zero-order chi connectivity index (χ0) is 16.2. The van der Waals surface area contributed by atoms with E-state index in [-0.39, 0.29) is 29.6 Å². The molecule has 1 saturated heterocycles. The molecule has 2 aliphatic rings. The Hall–Kier alpha value is -1.91. The van der Waals surface area contributed by atoms with E-state index in [1.807, 2.05) is 4.90 Å². The number of hydrogen-bond donors (Lipinski definition) is 1. The molecular formula is C18H23FN2O2. The highest BCUT2D eigenvalue weighted by Gasteiger charge is 2.32. The van der Waals surface area contributed by atoms with Gasteiger partial charge in [-0.3, -0.25) is 9.59 Å². The second kappa shape index (κ2) is 7.11. The first-order valence-corrected chi connectivity index (χ1v) is 8.49. The summed E-state index contributed by atoms with van der Waals surface area (Å²) in [6, 6.07) is 5.50. The minimum absolute atomic E-state index is 0.0138. The molecule has 1 aliphatic carbocycles. The average Bonchev–Trinajstić information content (AvgIpc) is 3.04. The van der Waals surface area contributed by atoms with Gasteiger partial charge in [-0.15, -0.1) is 0 Å². The Labute approximate surface area is 136 Å². The summed E-state index contributed by atoms with van der Waals surface area (Å²) in [6.45, 7) is 1.30. The van der Waals surface area contributed by atoms with Crippen molar-refractivity contribution in [3.63, 3.8) is 0 Å². The summed E-state index contributed by atoms with van der Waals surface area (Å²) in [7, 11) is 0. The number of rotatable bonds is 3. The molecule has 3 rings (SSSR count). The van der Waals surface area contributed by atoms with Crippen LogP contribution in [0.2, 0.25) is 0 Å². The van der Waals surface area contributed by atoms with Crippen LogP contribution in [-0.2, 0) is 4.79 Å². The number of carbonyl (C=O) groups excluding carboxylic acids is 2. The van der Waals surface area contributed by atoms with Gasteiger partial charge in [0.05, 0.1) is 0 Å². The minimum atomic E-state index is -0.355. The van der Waals surface area contributed by atoms with Crippen molar-refractivity contribution < 1.29 is 14.0 Å². The predicted molar refractivity (Wildman–Crippen MR) is 85.4 cm³/mol. The lowest BCUT2D eigenvalue weighted by Crippen LogP contribution is -2.40. The van der Waals surface area contributed by atoms with Crippen LogP contribution in [0.25, 0.3) is 0 Å². The van der Waals surface area contributed by atoms with Gasteiger partial charge in [0.1, 0.15) is 5.82 Å². The van der Waals surface area contributed by atoms with Gasteiger partial charge in [-0.05, 0) is 43.5 Å². The molecule has 0 radical (unpaired) electrons. The van der Waals surface area contributed by atoms with Gasteiger partial charge in [0.25, 0.3) is 5.91 Å². The van der Waals surface area contributed by atoms with E-state index in [2.05, 4.69) is 5.32 Å². The number of carbonyl (C=O) groups is 2. The first-order valence-electron chi connectivity index (χ1n) is 8.49. The van der Waals surface area contributed by atoms with E-state index < -0.39 is 0 Å². The maximum Gasteiger partial charge on any atom is 0.251 e. The van der Waals surface area contributed by atoms with Gasteiger partial charge >= 0.3 is 0 Å². The van der Waals surface area contributed by atoms with Gasteiger partial charge in [-0.1, -0.05) is 19.3 Å². The number of nitrogens with zero attached hydrogens (tertiary/aromatic N) is 1. The molecule has 1 aromatic carbocycles. The fourth-order valence-corrected chi connectivity index (χ4v) is 3.56. The SMILES string of the molecule is O=C(NC1CCN(C(=O)C2CCCCC2)C1)c1ccc(F)cc1. The third-order valence-corrected chi connectivity index (χ3v) is 4.90. The van der Waals surface area contributed by atoms with E-state index in [1.54, 1.807) is 0 Å². The molecule has 23 heavy (non-hydrogen) atoms. The Bertz CT molecular complexity index is 567. The molecule has 5 heteroatoms. The molecule has 1 N–H and O–H groups in total. The van der Waals surface area contributed by atoms with Gasteiger partial charge in [-0.25, -0.2) is 4.39 Å².